The van der Waals surface area contributed by atoms with Crippen LogP contribution in [-0.2, 0) is 22.7 Å². The Balaban J connectivity index is 0.000000255. The molecule has 2 aromatic rings. The van der Waals surface area contributed by atoms with Crippen LogP contribution in [0.15, 0.2) is 29.3 Å². The summed E-state index contributed by atoms with van der Waals surface area (Å²) in [5, 5.41) is 11.9. The van der Waals surface area contributed by atoms with Crippen molar-refractivity contribution in [1.82, 2.24) is 14.9 Å². The maximum Gasteiger partial charge on any atom is 0.417 e. The molecule has 1 saturated heterocycles. The van der Waals surface area contributed by atoms with Crippen LogP contribution in [0.4, 0.5) is 35.2 Å². The van der Waals surface area contributed by atoms with Gasteiger partial charge in [0.25, 0.3) is 5.56 Å². The number of hydrogen-bond donors (Lipinski definition) is 4. The van der Waals surface area contributed by atoms with Crippen molar-refractivity contribution in [3.63, 3.8) is 0 Å². The van der Waals surface area contributed by atoms with E-state index in [4.69, 9.17) is 20.6 Å². The number of anilines is 3. The number of carbonyl (C=O) groups is 1. The zero-order valence-electron chi connectivity index (χ0n) is 20.4. The van der Waals surface area contributed by atoms with Crippen LogP contribution in [0.2, 0.25) is 0 Å². The number of alkyl halides is 3. The topological polar surface area (TPSA) is 148 Å². The van der Waals surface area contributed by atoms with Crippen LogP contribution < -0.4 is 26.8 Å². The molecule has 1 unspecified atom stereocenters. The van der Waals surface area contributed by atoms with Crippen molar-refractivity contribution in [1.29, 1.82) is 5.41 Å². The minimum Gasteiger partial charge on any atom is -0.481 e. The summed E-state index contributed by atoms with van der Waals surface area (Å²) in [6.07, 6.45) is 0.231. The fraction of sp³-hybridized carbons (Fsp3) is 0.455. The van der Waals surface area contributed by atoms with E-state index in [1.165, 1.54) is 21.2 Å². The lowest BCUT2D eigenvalue weighted by Gasteiger charge is -2.33. The van der Waals surface area contributed by atoms with E-state index in [1.807, 2.05) is 11.4 Å². The molecule has 1 aliphatic rings. The van der Waals surface area contributed by atoms with Crippen LogP contribution in [0.3, 0.4) is 0 Å². The van der Waals surface area contributed by atoms with E-state index in [0.717, 1.165) is 36.2 Å². The van der Waals surface area contributed by atoms with Crippen LogP contribution in [-0.4, -0.2) is 61.9 Å². The first-order chi connectivity index (χ1) is 16.9. The number of amides is 2. The van der Waals surface area contributed by atoms with Crippen molar-refractivity contribution < 1.29 is 27.4 Å². The van der Waals surface area contributed by atoms with Gasteiger partial charge in [-0.05, 0) is 25.0 Å². The Hall–Kier alpha value is -3.81. The second-order valence-electron chi connectivity index (χ2n) is 7.87. The zero-order valence-corrected chi connectivity index (χ0v) is 20.4. The molecule has 3 rings (SSSR count). The zero-order chi connectivity index (χ0) is 27.0. The highest BCUT2D eigenvalue weighted by Gasteiger charge is 2.32. The molecule has 0 aliphatic carbocycles. The average Bonchev–Trinajstić information content (AvgIpc) is 2.86. The molecule has 2 aromatic heterocycles. The molecule has 0 bridgehead atoms. The van der Waals surface area contributed by atoms with Gasteiger partial charge in [-0.1, -0.05) is 0 Å². The van der Waals surface area contributed by atoms with Crippen LogP contribution in [0.5, 0.6) is 0 Å². The number of nitrogens with one attached hydrogen (secondary N) is 3. The van der Waals surface area contributed by atoms with Gasteiger partial charge in [0.15, 0.2) is 0 Å². The molecular weight excluding hydrogens is 483 g/mol. The van der Waals surface area contributed by atoms with Crippen molar-refractivity contribution >= 4 is 29.1 Å². The Morgan fingerprint density at radius 2 is 2.00 bits per heavy atom. The van der Waals surface area contributed by atoms with Crippen LogP contribution >= 0.6 is 0 Å². The summed E-state index contributed by atoms with van der Waals surface area (Å²) < 4.78 is 48.5. The third-order valence-corrected chi connectivity index (χ3v) is 5.42. The number of ether oxygens (including phenoxy) is 2. The SMILES string of the molecule is CNC(=O)Nc1cc(C(F)(F)F)cn(C)c1=O.COC(=N)c1cc(N2CCCC(OC)C2)cnc1N. The lowest BCUT2D eigenvalue weighted by Crippen LogP contribution is -2.39. The van der Waals surface area contributed by atoms with Crippen molar-refractivity contribution in [2.75, 3.05) is 50.3 Å². The number of nitrogen functional groups attached to an aromatic ring is 1. The molecular formula is C22H30F3N7O4. The van der Waals surface area contributed by atoms with Crippen molar-refractivity contribution in [3.05, 3.63) is 46.0 Å². The average molecular weight is 514 g/mol. The number of nitrogens with zero attached hydrogens (tertiary/aromatic N) is 3. The summed E-state index contributed by atoms with van der Waals surface area (Å²) in [7, 11) is 5.65. The Morgan fingerprint density at radius 3 is 2.58 bits per heavy atom. The van der Waals surface area contributed by atoms with E-state index in [0.29, 0.717) is 23.6 Å². The lowest BCUT2D eigenvalue weighted by molar-refractivity contribution is -0.138. The molecule has 198 valence electrons. The maximum atomic E-state index is 12.5. The fourth-order valence-corrected chi connectivity index (χ4v) is 3.44. The van der Waals surface area contributed by atoms with E-state index in [-0.39, 0.29) is 12.0 Å². The Kier molecular flexibility index (Phi) is 9.67. The normalized spacial score (nSPS) is 15.4. The summed E-state index contributed by atoms with van der Waals surface area (Å²) in [4.78, 5) is 28.8. The number of pyridine rings is 2. The quantitative estimate of drug-likeness (QED) is 0.363. The summed E-state index contributed by atoms with van der Waals surface area (Å²) in [6, 6.07) is 1.69. The molecule has 14 heteroatoms. The number of piperidine rings is 1. The molecule has 0 saturated carbocycles. The molecule has 1 aliphatic heterocycles. The minimum absolute atomic E-state index is 0.0344. The van der Waals surface area contributed by atoms with E-state index < -0.39 is 29.0 Å². The van der Waals surface area contributed by atoms with Gasteiger partial charge >= 0.3 is 12.2 Å². The lowest BCUT2D eigenvalue weighted by atomic mass is 10.1. The largest absolute Gasteiger partial charge is 0.481 e. The predicted octanol–water partition coefficient (Wildman–Crippen LogP) is 2.41. The number of methoxy groups -OCH3 is 2. The fourth-order valence-electron chi connectivity index (χ4n) is 3.44. The van der Waals surface area contributed by atoms with Gasteiger partial charge < -0.3 is 35.3 Å². The first-order valence-electron chi connectivity index (χ1n) is 10.8. The van der Waals surface area contributed by atoms with Gasteiger partial charge in [0.2, 0.25) is 5.90 Å². The smallest absolute Gasteiger partial charge is 0.417 e. The number of nitrogens with two attached hydrogens (primary N) is 1. The first-order valence-corrected chi connectivity index (χ1v) is 10.8. The number of halogens is 3. The molecule has 2 amide bonds. The summed E-state index contributed by atoms with van der Waals surface area (Å²) in [5.41, 5.74) is 5.09. The first kappa shape index (κ1) is 28.4. The molecule has 0 spiro atoms. The van der Waals surface area contributed by atoms with E-state index in [9.17, 15) is 22.8 Å². The highest BCUT2D eigenvalue weighted by molar-refractivity contribution is 5.96. The molecule has 3 heterocycles. The van der Waals surface area contributed by atoms with Crippen molar-refractivity contribution in [2.24, 2.45) is 7.05 Å². The monoisotopic (exact) mass is 513 g/mol. The summed E-state index contributed by atoms with van der Waals surface area (Å²) in [5.74, 6) is 0.350. The van der Waals surface area contributed by atoms with Crippen LogP contribution in [0.1, 0.15) is 24.0 Å². The van der Waals surface area contributed by atoms with Crippen molar-refractivity contribution in [2.45, 2.75) is 25.1 Å². The van der Waals surface area contributed by atoms with Gasteiger partial charge in [0, 0.05) is 40.5 Å². The Labute approximate surface area is 205 Å². The number of urea groups is 1. The van der Waals surface area contributed by atoms with Crippen LogP contribution in [0, 0.1) is 5.41 Å². The summed E-state index contributed by atoms with van der Waals surface area (Å²) in [6.45, 7) is 1.80. The number of carbonyl (C=O) groups excluding carboxylic acids is 1. The molecule has 11 nitrogen and oxygen atoms in total. The maximum absolute atomic E-state index is 12.5. The molecule has 36 heavy (non-hydrogen) atoms. The van der Waals surface area contributed by atoms with E-state index in [2.05, 4.69) is 15.2 Å². The molecule has 0 aromatic carbocycles. The van der Waals surface area contributed by atoms with Crippen molar-refractivity contribution in [3.8, 4) is 0 Å². The van der Waals surface area contributed by atoms with Gasteiger partial charge in [-0.2, -0.15) is 13.2 Å². The highest BCUT2D eigenvalue weighted by atomic mass is 19.4. The highest BCUT2D eigenvalue weighted by Crippen LogP contribution is 2.29. The van der Waals surface area contributed by atoms with Crippen LogP contribution in [0.25, 0.3) is 0 Å². The number of aryl methyl sites for hydroxylation is 1. The van der Waals surface area contributed by atoms with E-state index in [1.54, 1.807) is 13.3 Å². The molecule has 0 radical (unpaired) electrons. The van der Waals surface area contributed by atoms with E-state index >= 15 is 0 Å². The third-order valence-electron chi connectivity index (χ3n) is 5.42. The number of aromatic nitrogens is 2. The predicted molar refractivity (Wildman–Crippen MR) is 129 cm³/mol. The van der Waals surface area contributed by atoms with Gasteiger partial charge in [-0.25, -0.2) is 9.78 Å². The van der Waals surface area contributed by atoms with Gasteiger partial charge in [-0.3, -0.25) is 10.2 Å². The third kappa shape index (κ3) is 7.34. The number of hydrogen-bond acceptors (Lipinski definition) is 8. The standard InChI is InChI=1S/C13H20N4O2.C9H10F3N3O2/c1-18-10-4-3-5-17(8-10)9-6-11(13(15)19-2)12(14)16-7-9;1-13-8(17)14-6-3-5(9(10,11)12)4-15(2)7(6)16/h6-7,10,15H,3-5,8H2,1-2H3,(H2,14,16);3-4H,1-2H3,(H2,13,14,17). The van der Waals surface area contributed by atoms with Gasteiger partial charge in [0.05, 0.1) is 36.2 Å². The summed E-state index contributed by atoms with van der Waals surface area (Å²) >= 11 is 0. The molecule has 1 fully saturated rings. The minimum atomic E-state index is -4.58. The Bertz CT molecular complexity index is 1140. The number of rotatable bonds is 4. The second-order valence-corrected chi connectivity index (χ2v) is 7.87. The molecule has 1 atom stereocenters. The Morgan fingerprint density at radius 1 is 1.31 bits per heavy atom. The van der Waals surface area contributed by atoms with Gasteiger partial charge in [0.1, 0.15) is 11.5 Å². The molecule has 5 N–H and O–H groups in total. The second kappa shape index (κ2) is 12.2. The van der Waals surface area contributed by atoms with Gasteiger partial charge in [-0.15, -0.1) is 0 Å².